The molecule has 54 heavy (non-hydrogen) atoms. The van der Waals surface area contributed by atoms with Crippen LogP contribution in [0.25, 0.3) is 10.2 Å². The molecule has 0 aliphatic heterocycles. The van der Waals surface area contributed by atoms with Gasteiger partial charge in [0.25, 0.3) is 5.43 Å². The number of hydrogen-bond acceptors (Lipinski definition) is 16. The fourth-order valence-electron chi connectivity index (χ4n) is 3.63. The number of nitrogens with one attached hydrogen (secondary N) is 2. The number of hydrogen-bond donors (Lipinski definition) is 3. The van der Waals surface area contributed by atoms with Crippen molar-refractivity contribution in [1.29, 1.82) is 0 Å². The van der Waals surface area contributed by atoms with E-state index in [2.05, 4.69) is 29.9 Å². The summed E-state index contributed by atoms with van der Waals surface area (Å²) in [5.74, 6) is 0. The van der Waals surface area contributed by atoms with Crippen molar-refractivity contribution in [3.8, 4) is 0 Å². The summed E-state index contributed by atoms with van der Waals surface area (Å²) in [5.41, 5.74) is 7.83. The molecule has 0 unspecified atom stereocenters. The van der Waals surface area contributed by atoms with E-state index in [1.54, 1.807) is 30.7 Å². The molecule has 282 valence electrons. The lowest BCUT2D eigenvalue weighted by atomic mass is 10.3. The minimum atomic E-state index is -0.842. The summed E-state index contributed by atoms with van der Waals surface area (Å²) in [7, 11) is 0. The first-order chi connectivity index (χ1) is 25.4. The van der Waals surface area contributed by atoms with Gasteiger partial charge in [-0.05, 0) is 56.6 Å². The molecule has 0 amide bonds. The van der Waals surface area contributed by atoms with E-state index >= 15 is 0 Å². The normalized spacial score (nSPS) is 9.74. The van der Waals surface area contributed by atoms with E-state index < -0.39 is 42.2 Å². The summed E-state index contributed by atoms with van der Waals surface area (Å²) in [6.45, 7) is 7.09. The van der Waals surface area contributed by atoms with Gasteiger partial charge in [-0.2, -0.15) is 0 Å². The van der Waals surface area contributed by atoms with Gasteiger partial charge >= 0.3 is 22.7 Å². The highest BCUT2D eigenvalue weighted by molar-refractivity contribution is 7.73. The van der Waals surface area contributed by atoms with Crippen LogP contribution < -0.4 is 11.2 Å². The molecule has 4 N–H and O–H groups in total. The van der Waals surface area contributed by atoms with Crippen LogP contribution >= 0.6 is 46.8 Å². The third-order valence-corrected chi connectivity index (χ3v) is 8.69. The summed E-state index contributed by atoms with van der Waals surface area (Å²) >= 11 is 17.9. The smallest absolute Gasteiger partial charge is 0.364 e. The fraction of sp³-hybridized carbons (Fsp3) is 0.133. The second-order valence-corrected chi connectivity index (χ2v) is 12.7. The average molecular weight is 821 g/mol. The van der Waals surface area contributed by atoms with Crippen LogP contribution in [-0.2, 0) is 0 Å². The van der Waals surface area contributed by atoms with Gasteiger partial charge in [-0.1, -0.05) is 23.2 Å². The summed E-state index contributed by atoms with van der Waals surface area (Å²) in [5, 5.41) is 41.6. The third kappa shape index (κ3) is 12.7. The first-order valence-corrected chi connectivity index (χ1v) is 16.4. The van der Waals surface area contributed by atoms with Crippen LogP contribution in [0.1, 0.15) is 22.3 Å². The minimum absolute atomic E-state index is 0.147. The molecule has 6 aromatic rings. The molecule has 0 radical (unpaired) electrons. The highest BCUT2D eigenvalue weighted by Crippen LogP contribution is 2.26. The number of aromatic nitrogens is 6. The standard InChI is InChI=1S/C7H6N2S2.C6H5ClN2O2.C6H7ClN2.C6H6N2O3.C5H3N3O4/c1-4-2-8-3-5-6(4)11-7(10)9-5;1-4-2-8-3-5(6(4)7)9(10)11;1-4-2-9-3-5(8)6(4)7;1-4-2-7-3-5(6(4)9)8(10)11;9-7(10)4-1-2-6-3-5(4)8(11)12/h2-3H,1H3,(H,9,10);2-3H,1H3;2-3H,8H2,1H3;2-3H,1H3,(H,7,9);1-3H. The SMILES string of the molecule is Cc1c[nH]cc([N+](=O)[O-])c1=O.Cc1cncc(N)c1Cl.Cc1cncc([N+](=O)[O-])c1Cl.Cc1cncc2[nH]c(=S)sc12.O=[N+]([O-])c1ccncc1[N+](=O)[O-]. The van der Waals surface area contributed by atoms with Crippen molar-refractivity contribution in [2.75, 3.05) is 5.73 Å². The van der Waals surface area contributed by atoms with E-state index in [0.717, 1.165) is 45.9 Å². The minimum Gasteiger partial charge on any atom is -0.396 e. The summed E-state index contributed by atoms with van der Waals surface area (Å²) < 4.78 is 2.03. The number of rotatable bonds is 4. The molecular weight excluding hydrogens is 793 g/mol. The Hall–Kier alpha value is -6.36. The van der Waals surface area contributed by atoms with Gasteiger partial charge in [-0.15, -0.1) is 11.3 Å². The molecule has 6 aromatic heterocycles. The number of anilines is 1. The largest absolute Gasteiger partial charge is 0.396 e. The van der Waals surface area contributed by atoms with Gasteiger partial charge in [-0.25, -0.2) is 0 Å². The van der Waals surface area contributed by atoms with Crippen molar-refractivity contribution in [2.24, 2.45) is 0 Å². The van der Waals surface area contributed by atoms with Crippen molar-refractivity contribution in [3.05, 3.63) is 155 Å². The van der Waals surface area contributed by atoms with E-state index in [9.17, 15) is 45.3 Å². The molecular formula is C30H27Cl2N11O9S2. The van der Waals surface area contributed by atoms with Crippen molar-refractivity contribution in [1.82, 2.24) is 29.9 Å². The van der Waals surface area contributed by atoms with Gasteiger partial charge in [0, 0.05) is 42.6 Å². The summed E-state index contributed by atoms with van der Waals surface area (Å²) in [6.07, 6.45) is 14.0. The number of H-pyrrole nitrogens is 2. The third-order valence-electron chi connectivity index (χ3n) is 6.30. The predicted molar refractivity (Wildman–Crippen MR) is 205 cm³/mol. The van der Waals surface area contributed by atoms with Crippen molar-refractivity contribution in [3.63, 3.8) is 0 Å². The molecule has 0 fully saturated rings. The predicted octanol–water partition coefficient (Wildman–Crippen LogP) is 7.73. The number of fused-ring (bicyclic) bond motifs is 1. The second kappa shape index (κ2) is 20.6. The van der Waals surface area contributed by atoms with Gasteiger partial charge in [-0.3, -0.25) is 65.2 Å². The van der Waals surface area contributed by atoms with Crippen LogP contribution in [0.15, 0.2) is 72.8 Å². The Morgan fingerprint density at radius 1 is 0.667 bits per heavy atom. The van der Waals surface area contributed by atoms with Crippen molar-refractivity contribution < 1.29 is 19.7 Å². The Balaban J connectivity index is 0.000000234. The lowest BCUT2D eigenvalue weighted by Gasteiger charge is -1.97. The zero-order chi connectivity index (χ0) is 40.7. The number of pyridine rings is 5. The molecule has 20 nitrogen and oxygen atoms in total. The van der Waals surface area contributed by atoms with Gasteiger partial charge in [0.2, 0.25) is 0 Å². The van der Waals surface area contributed by atoms with Gasteiger partial charge in [0.05, 0.1) is 59.2 Å². The number of aromatic amines is 2. The summed E-state index contributed by atoms with van der Waals surface area (Å²) in [4.78, 5) is 69.3. The topological polar surface area (TPSA) is 299 Å². The second-order valence-electron chi connectivity index (χ2n) is 10.2. The molecule has 0 saturated heterocycles. The van der Waals surface area contributed by atoms with Crippen LogP contribution in [-0.4, -0.2) is 49.6 Å². The Morgan fingerprint density at radius 3 is 1.67 bits per heavy atom. The van der Waals surface area contributed by atoms with Gasteiger partial charge in [0.15, 0.2) is 3.95 Å². The van der Waals surface area contributed by atoms with E-state index in [1.165, 1.54) is 35.8 Å². The van der Waals surface area contributed by atoms with E-state index in [4.69, 9.17) is 41.2 Å². The Morgan fingerprint density at radius 2 is 1.19 bits per heavy atom. The Kier molecular flexibility index (Phi) is 16.7. The van der Waals surface area contributed by atoms with E-state index in [0.29, 0.717) is 21.8 Å². The molecule has 0 aromatic carbocycles. The Labute approximate surface area is 322 Å². The van der Waals surface area contributed by atoms with Crippen LogP contribution in [0, 0.1) is 72.1 Å². The molecule has 0 atom stereocenters. The lowest BCUT2D eigenvalue weighted by molar-refractivity contribution is -0.422. The number of halogens is 2. The van der Waals surface area contributed by atoms with Gasteiger partial charge < -0.3 is 15.7 Å². The zero-order valence-electron chi connectivity index (χ0n) is 28.3. The number of aryl methyl sites for hydroxylation is 4. The summed E-state index contributed by atoms with van der Waals surface area (Å²) in [6, 6.07) is 0.984. The molecule has 24 heteroatoms. The monoisotopic (exact) mass is 819 g/mol. The number of nitrogens with zero attached hydrogens (tertiary/aromatic N) is 8. The molecule has 0 saturated carbocycles. The average Bonchev–Trinajstić information content (AvgIpc) is 3.52. The maximum absolute atomic E-state index is 10.9. The molecule has 0 aliphatic rings. The number of thiazole rings is 1. The fourth-order valence-corrected chi connectivity index (χ4v) is 5.02. The molecule has 6 heterocycles. The van der Waals surface area contributed by atoms with Crippen molar-refractivity contribution >= 4 is 85.4 Å². The zero-order valence-corrected chi connectivity index (χ0v) is 31.4. The maximum Gasteiger partial charge on any atom is 0.364 e. The van der Waals surface area contributed by atoms with E-state index in [-0.39, 0.29) is 10.7 Å². The molecule has 0 bridgehead atoms. The molecule has 0 aliphatic carbocycles. The molecule has 0 spiro atoms. The van der Waals surface area contributed by atoms with Crippen LogP contribution in [0.4, 0.5) is 28.4 Å². The number of nitrogen functional groups attached to an aromatic ring is 1. The first kappa shape index (κ1) is 43.8. The van der Waals surface area contributed by atoms with Crippen LogP contribution in [0.2, 0.25) is 10.0 Å². The highest BCUT2D eigenvalue weighted by atomic mass is 35.5. The van der Waals surface area contributed by atoms with Crippen LogP contribution in [0.3, 0.4) is 0 Å². The van der Waals surface area contributed by atoms with E-state index in [1.807, 2.05) is 20.0 Å². The maximum atomic E-state index is 10.9. The lowest BCUT2D eigenvalue weighted by Crippen LogP contribution is -2.10. The quantitative estimate of drug-likeness (QED) is 0.0870. The molecule has 6 rings (SSSR count). The Bertz CT molecular complexity index is 2370. The number of nitrogens with two attached hydrogens (primary N) is 1. The first-order valence-electron chi connectivity index (χ1n) is 14.5. The number of nitro groups is 4. The van der Waals surface area contributed by atoms with Crippen molar-refractivity contribution in [2.45, 2.75) is 27.7 Å². The van der Waals surface area contributed by atoms with Gasteiger partial charge in [0.1, 0.15) is 17.4 Å². The van der Waals surface area contributed by atoms with Crippen LogP contribution in [0.5, 0.6) is 0 Å². The highest BCUT2D eigenvalue weighted by Gasteiger charge is 2.22.